The van der Waals surface area contributed by atoms with E-state index in [9.17, 15) is 5.11 Å². The number of nitrogens with one attached hydrogen (secondary N) is 1. The molecule has 0 aliphatic heterocycles. The highest BCUT2D eigenvalue weighted by molar-refractivity contribution is 5.40. The number of ether oxygens (including phenoxy) is 1. The smallest absolute Gasteiger partial charge is 0.138 e. The van der Waals surface area contributed by atoms with Crippen LogP contribution in [0.1, 0.15) is 11.4 Å². The molecule has 0 fully saturated rings. The third kappa shape index (κ3) is 3.69. The van der Waals surface area contributed by atoms with Gasteiger partial charge in [0.25, 0.3) is 0 Å². The first-order chi connectivity index (χ1) is 9.19. The van der Waals surface area contributed by atoms with Gasteiger partial charge in [-0.3, -0.25) is 9.67 Å². The van der Waals surface area contributed by atoms with Gasteiger partial charge >= 0.3 is 0 Å². The van der Waals surface area contributed by atoms with Crippen molar-refractivity contribution in [3.63, 3.8) is 0 Å². The van der Waals surface area contributed by atoms with E-state index in [4.69, 9.17) is 4.74 Å². The SMILES string of the molecule is COCCn1cc(NCc2nc(C)ccc2O)cn1. The van der Waals surface area contributed by atoms with Crippen molar-refractivity contribution in [2.45, 2.75) is 20.0 Å². The number of hydrogen-bond acceptors (Lipinski definition) is 5. The molecule has 0 bridgehead atoms. The summed E-state index contributed by atoms with van der Waals surface area (Å²) in [4.78, 5) is 4.28. The molecule has 0 unspecified atom stereocenters. The van der Waals surface area contributed by atoms with Crippen molar-refractivity contribution >= 4 is 5.69 Å². The lowest BCUT2D eigenvalue weighted by atomic mass is 10.3. The van der Waals surface area contributed by atoms with Crippen LogP contribution in [0.4, 0.5) is 5.69 Å². The molecule has 19 heavy (non-hydrogen) atoms. The highest BCUT2D eigenvalue weighted by atomic mass is 16.5. The van der Waals surface area contributed by atoms with Gasteiger partial charge in [0.2, 0.25) is 0 Å². The van der Waals surface area contributed by atoms with Gasteiger partial charge in [0.15, 0.2) is 0 Å². The molecule has 2 aromatic heterocycles. The minimum absolute atomic E-state index is 0.199. The zero-order valence-corrected chi connectivity index (χ0v) is 11.1. The maximum atomic E-state index is 9.69. The van der Waals surface area contributed by atoms with Crippen LogP contribution in [0.25, 0.3) is 0 Å². The van der Waals surface area contributed by atoms with Crippen LogP contribution in [0.2, 0.25) is 0 Å². The molecule has 0 saturated heterocycles. The molecular weight excluding hydrogens is 244 g/mol. The van der Waals surface area contributed by atoms with Crippen molar-refractivity contribution in [2.75, 3.05) is 19.0 Å². The van der Waals surface area contributed by atoms with Crippen molar-refractivity contribution in [3.8, 4) is 5.75 Å². The monoisotopic (exact) mass is 262 g/mol. The van der Waals surface area contributed by atoms with Gasteiger partial charge < -0.3 is 15.2 Å². The van der Waals surface area contributed by atoms with E-state index >= 15 is 0 Å². The molecule has 0 radical (unpaired) electrons. The van der Waals surface area contributed by atoms with Crippen LogP contribution >= 0.6 is 0 Å². The summed E-state index contributed by atoms with van der Waals surface area (Å²) in [6, 6.07) is 3.43. The number of rotatable bonds is 6. The third-order valence-corrected chi connectivity index (χ3v) is 2.71. The standard InChI is InChI=1S/C13H18N4O2/c1-10-3-4-13(18)12(16-10)8-14-11-7-15-17(9-11)5-6-19-2/h3-4,7,9,14,18H,5-6,8H2,1-2H3. The summed E-state index contributed by atoms with van der Waals surface area (Å²) in [5, 5.41) is 17.1. The summed E-state index contributed by atoms with van der Waals surface area (Å²) < 4.78 is 6.79. The Bertz CT molecular complexity index is 539. The van der Waals surface area contributed by atoms with Crippen LogP contribution in [-0.2, 0) is 17.8 Å². The molecule has 0 amide bonds. The van der Waals surface area contributed by atoms with Crippen molar-refractivity contribution < 1.29 is 9.84 Å². The quantitative estimate of drug-likeness (QED) is 0.826. The molecule has 6 heteroatoms. The average Bonchev–Trinajstić information content (AvgIpc) is 2.85. The highest BCUT2D eigenvalue weighted by Gasteiger charge is 2.04. The Morgan fingerprint density at radius 3 is 3.05 bits per heavy atom. The van der Waals surface area contributed by atoms with Crippen molar-refractivity contribution in [1.29, 1.82) is 0 Å². The maximum absolute atomic E-state index is 9.69. The van der Waals surface area contributed by atoms with Gasteiger partial charge in [-0.1, -0.05) is 0 Å². The Balaban J connectivity index is 1.94. The Kier molecular flexibility index (Phi) is 4.35. The lowest BCUT2D eigenvalue weighted by Gasteiger charge is -2.06. The Labute approximate surface area is 112 Å². The van der Waals surface area contributed by atoms with Crippen LogP contribution in [0.15, 0.2) is 24.5 Å². The second-order valence-corrected chi connectivity index (χ2v) is 4.26. The molecule has 0 aromatic carbocycles. The van der Waals surface area contributed by atoms with E-state index in [1.807, 2.05) is 13.1 Å². The van der Waals surface area contributed by atoms with E-state index in [1.54, 1.807) is 30.1 Å². The molecule has 2 N–H and O–H groups in total. The fourth-order valence-electron chi connectivity index (χ4n) is 1.68. The Hall–Kier alpha value is -2.08. The first-order valence-corrected chi connectivity index (χ1v) is 6.10. The molecule has 0 aliphatic carbocycles. The number of nitrogens with zero attached hydrogens (tertiary/aromatic N) is 3. The van der Waals surface area contributed by atoms with E-state index in [-0.39, 0.29) is 5.75 Å². The fourth-order valence-corrected chi connectivity index (χ4v) is 1.68. The normalized spacial score (nSPS) is 10.6. The van der Waals surface area contributed by atoms with Crippen molar-refractivity contribution in [3.05, 3.63) is 35.9 Å². The Morgan fingerprint density at radius 1 is 1.42 bits per heavy atom. The maximum Gasteiger partial charge on any atom is 0.138 e. The first-order valence-electron chi connectivity index (χ1n) is 6.10. The minimum atomic E-state index is 0.199. The van der Waals surface area contributed by atoms with E-state index in [2.05, 4.69) is 15.4 Å². The van der Waals surface area contributed by atoms with Gasteiger partial charge in [0.1, 0.15) is 11.4 Å². The molecule has 0 spiro atoms. The van der Waals surface area contributed by atoms with Crippen molar-refractivity contribution in [1.82, 2.24) is 14.8 Å². The lowest BCUT2D eigenvalue weighted by molar-refractivity contribution is 0.183. The third-order valence-electron chi connectivity index (χ3n) is 2.71. The van der Waals surface area contributed by atoms with E-state index in [1.165, 1.54) is 0 Å². The summed E-state index contributed by atoms with van der Waals surface area (Å²) in [5.74, 6) is 0.199. The van der Waals surface area contributed by atoms with E-state index in [0.29, 0.717) is 25.4 Å². The van der Waals surface area contributed by atoms with Gasteiger partial charge in [-0.2, -0.15) is 5.10 Å². The number of anilines is 1. The second-order valence-electron chi connectivity index (χ2n) is 4.26. The molecule has 2 rings (SSSR count). The van der Waals surface area contributed by atoms with E-state index in [0.717, 1.165) is 11.4 Å². The molecule has 6 nitrogen and oxygen atoms in total. The first kappa shape index (κ1) is 13.4. The second kappa shape index (κ2) is 6.19. The summed E-state index contributed by atoms with van der Waals surface area (Å²) in [6.07, 6.45) is 3.63. The number of aryl methyl sites for hydroxylation is 1. The topological polar surface area (TPSA) is 72.2 Å². The number of pyridine rings is 1. The van der Waals surface area contributed by atoms with Crippen LogP contribution in [-0.4, -0.2) is 33.6 Å². The van der Waals surface area contributed by atoms with Crippen LogP contribution < -0.4 is 5.32 Å². The van der Waals surface area contributed by atoms with Crippen LogP contribution in [0.3, 0.4) is 0 Å². The summed E-state index contributed by atoms with van der Waals surface area (Å²) in [6.45, 7) is 3.70. The molecular formula is C13H18N4O2. The van der Waals surface area contributed by atoms with Crippen molar-refractivity contribution in [2.24, 2.45) is 0 Å². The molecule has 102 valence electrons. The average molecular weight is 262 g/mol. The number of aromatic hydroxyl groups is 1. The predicted molar refractivity (Wildman–Crippen MR) is 72.1 cm³/mol. The predicted octanol–water partition coefficient (Wildman–Crippen LogP) is 1.55. The molecule has 2 heterocycles. The molecule has 0 atom stereocenters. The fraction of sp³-hybridized carbons (Fsp3) is 0.385. The zero-order valence-electron chi connectivity index (χ0n) is 11.1. The van der Waals surface area contributed by atoms with Gasteiger partial charge in [-0.25, -0.2) is 0 Å². The summed E-state index contributed by atoms with van der Waals surface area (Å²) >= 11 is 0. The molecule has 0 saturated carbocycles. The van der Waals surface area contributed by atoms with Gasteiger partial charge in [0.05, 0.1) is 31.6 Å². The zero-order chi connectivity index (χ0) is 13.7. The van der Waals surface area contributed by atoms with Crippen LogP contribution in [0, 0.1) is 6.92 Å². The highest BCUT2D eigenvalue weighted by Crippen LogP contribution is 2.16. The van der Waals surface area contributed by atoms with E-state index < -0.39 is 0 Å². The number of methoxy groups -OCH3 is 1. The summed E-state index contributed by atoms with van der Waals surface area (Å²) in [7, 11) is 1.66. The Morgan fingerprint density at radius 2 is 2.26 bits per heavy atom. The number of aromatic nitrogens is 3. The molecule has 2 aromatic rings. The van der Waals surface area contributed by atoms with Gasteiger partial charge in [0, 0.05) is 19.0 Å². The lowest BCUT2D eigenvalue weighted by Crippen LogP contribution is -2.04. The van der Waals surface area contributed by atoms with Gasteiger partial charge in [-0.15, -0.1) is 0 Å². The summed E-state index contributed by atoms with van der Waals surface area (Å²) in [5.41, 5.74) is 2.40. The minimum Gasteiger partial charge on any atom is -0.506 e. The van der Waals surface area contributed by atoms with Gasteiger partial charge in [-0.05, 0) is 19.1 Å². The van der Waals surface area contributed by atoms with Crippen LogP contribution in [0.5, 0.6) is 5.75 Å². The molecule has 0 aliphatic rings. The number of hydrogen-bond donors (Lipinski definition) is 2. The largest absolute Gasteiger partial charge is 0.506 e.